The Bertz CT molecular complexity index is 577. The van der Waals surface area contributed by atoms with Crippen LogP contribution in [0.2, 0.25) is 5.02 Å². The van der Waals surface area contributed by atoms with Gasteiger partial charge in [0.25, 0.3) is 5.91 Å². The maximum Gasteiger partial charge on any atom is 0.253 e. The topological polar surface area (TPSA) is 75.4 Å². The minimum absolute atomic E-state index is 0.0312. The van der Waals surface area contributed by atoms with Crippen molar-refractivity contribution in [3.63, 3.8) is 0 Å². The second-order valence-corrected chi connectivity index (χ2v) is 7.34. The van der Waals surface area contributed by atoms with Gasteiger partial charge in [0, 0.05) is 19.1 Å². The summed E-state index contributed by atoms with van der Waals surface area (Å²) >= 11 is 7.73. The van der Waals surface area contributed by atoms with Crippen LogP contribution in [0.5, 0.6) is 0 Å². The highest BCUT2D eigenvalue weighted by Crippen LogP contribution is 2.16. The van der Waals surface area contributed by atoms with Gasteiger partial charge in [-0.1, -0.05) is 23.7 Å². The molecule has 1 heterocycles. The molecule has 1 fully saturated rings. The van der Waals surface area contributed by atoms with Crippen molar-refractivity contribution < 1.29 is 9.59 Å². The molecule has 0 aliphatic carbocycles. The summed E-state index contributed by atoms with van der Waals surface area (Å²) in [6, 6.07) is 6.49. The predicted octanol–water partition coefficient (Wildman–Crippen LogP) is 2.14. The maximum atomic E-state index is 12.8. The van der Waals surface area contributed by atoms with Crippen LogP contribution in [0.3, 0.4) is 0 Å². The number of thioether (sulfide) groups is 1. The SMILES string of the molecule is CSCCC(NC(=O)c1ccccc1Cl)C(=O)N1CCC(N)CC1. The highest BCUT2D eigenvalue weighted by molar-refractivity contribution is 7.98. The Labute approximate surface area is 152 Å². The third-order valence-corrected chi connectivity index (χ3v) is 5.16. The van der Waals surface area contributed by atoms with Gasteiger partial charge in [0.1, 0.15) is 6.04 Å². The lowest BCUT2D eigenvalue weighted by Gasteiger charge is -2.33. The number of halogens is 1. The summed E-state index contributed by atoms with van der Waals surface area (Å²) in [6.45, 7) is 1.30. The molecule has 0 bridgehead atoms. The Balaban J connectivity index is 2.06. The van der Waals surface area contributed by atoms with Gasteiger partial charge in [-0.05, 0) is 43.4 Å². The highest BCUT2D eigenvalue weighted by atomic mass is 35.5. The normalized spacial score (nSPS) is 16.7. The van der Waals surface area contributed by atoms with E-state index in [2.05, 4.69) is 5.32 Å². The Morgan fingerprint density at radius 3 is 2.67 bits per heavy atom. The van der Waals surface area contributed by atoms with E-state index in [1.807, 2.05) is 6.26 Å². The minimum Gasteiger partial charge on any atom is -0.341 e. The van der Waals surface area contributed by atoms with Crippen molar-refractivity contribution in [1.29, 1.82) is 0 Å². The molecular formula is C17H24ClN3O2S. The summed E-state index contributed by atoms with van der Waals surface area (Å²) in [5.74, 6) is 0.456. The van der Waals surface area contributed by atoms with Crippen LogP contribution in [-0.2, 0) is 4.79 Å². The van der Waals surface area contributed by atoms with Gasteiger partial charge in [-0.15, -0.1) is 0 Å². The van der Waals surface area contributed by atoms with Gasteiger partial charge >= 0.3 is 0 Å². The number of carbonyl (C=O) groups excluding carboxylic acids is 2. The van der Waals surface area contributed by atoms with E-state index in [0.717, 1.165) is 18.6 Å². The fourth-order valence-electron chi connectivity index (χ4n) is 2.71. The van der Waals surface area contributed by atoms with Gasteiger partial charge in [-0.3, -0.25) is 9.59 Å². The lowest BCUT2D eigenvalue weighted by atomic mass is 10.0. The molecule has 5 nitrogen and oxygen atoms in total. The van der Waals surface area contributed by atoms with Crippen molar-refractivity contribution in [3.05, 3.63) is 34.9 Å². The van der Waals surface area contributed by atoms with Crippen molar-refractivity contribution in [2.45, 2.75) is 31.3 Å². The van der Waals surface area contributed by atoms with Crippen LogP contribution in [0.25, 0.3) is 0 Å². The molecule has 3 N–H and O–H groups in total. The fraction of sp³-hybridized carbons (Fsp3) is 0.529. The molecule has 1 aliphatic heterocycles. The molecule has 1 aromatic rings. The number of benzene rings is 1. The quantitative estimate of drug-likeness (QED) is 0.805. The van der Waals surface area contributed by atoms with Gasteiger partial charge in [-0.25, -0.2) is 0 Å². The van der Waals surface area contributed by atoms with Crippen LogP contribution in [0.4, 0.5) is 0 Å². The molecule has 1 aromatic carbocycles. The van der Waals surface area contributed by atoms with Gasteiger partial charge in [0.2, 0.25) is 5.91 Å². The molecule has 132 valence electrons. The predicted molar refractivity (Wildman–Crippen MR) is 99.5 cm³/mol. The zero-order valence-electron chi connectivity index (χ0n) is 13.8. The number of carbonyl (C=O) groups is 2. The first-order valence-electron chi connectivity index (χ1n) is 8.11. The van der Waals surface area contributed by atoms with Crippen molar-refractivity contribution in [2.75, 3.05) is 25.1 Å². The Morgan fingerprint density at radius 1 is 1.38 bits per heavy atom. The first-order valence-corrected chi connectivity index (χ1v) is 9.88. The number of hydrogen-bond donors (Lipinski definition) is 2. The van der Waals surface area contributed by atoms with Crippen LogP contribution in [0, 0.1) is 0 Å². The number of piperidine rings is 1. The first-order chi connectivity index (χ1) is 11.5. The van der Waals surface area contributed by atoms with E-state index in [-0.39, 0.29) is 17.9 Å². The van der Waals surface area contributed by atoms with Crippen molar-refractivity contribution in [1.82, 2.24) is 10.2 Å². The number of likely N-dealkylation sites (tertiary alicyclic amines) is 1. The summed E-state index contributed by atoms with van der Waals surface area (Å²) in [4.78, 5) is 27.1. The number of amides is 2. The summed E-state index contributed by atoms with van der Waals surface area (Å²) in [5, 5.41) is 3.24. The largest absolute Gasteiger partial charge is 0.341 e. The number of hydrogen-bond acceptors (Lipinski definition) is 4. The third-order valence-electron chi connectivity index (χ3n) is 4.18. The molecular weight excluding hydrogens is 346 g/mol. The summed E-state index contributed by atoms with van der Waals surface area (Å²) in [7, 11) is 0. The molecule has 1 atom stereocenters. The number of nitrogens with two attached hydrogens (primary N) is 1. The van der Waals surface area contributed by atoms with Crippen LogP contribution in [0.15, 0.2) is 24.3 Å². The number of rotatable bonds is 6. The summed E-state index contributed by atoms with van der Waals surface area (Å²) < 4.78 is 0. The van der Waals surface area contributed by atoms with Crippen molar-refractivity contribution in [3.8, 4) is 0 Å². The highest BCUT2D eigenvalue weighted by Gasteiger charge is 2.28. The van der Waals surface area contributed by atoms with E-state index in [1.54, 1.807) is 40.9 Å². The summed E-state index contributed by atoms with van der Waals surface area (Å²) in [5.41, 5.74) is 6.29. The molecule has 0 spiro atoms. The number of nitrogens with zero attached hydrogens (tertiary/aromatic N) is 1. The second-order valence-electron chi connectivity index (χ2n) is 5.95. The van der Waals surface area contributed by atoms with E-state index in [4.69, 9.17) is 17.3 Å². The Morgan fingerprint density at radius 2 is 2.04 bits per heavy atom. The smallest absolute Gasteiger partial charge is 0.253 e. The average Bonchev–Trinajstić information content (AvgIpc) is 2.59. The van der Waals surface area contributed by atoms with E-state index >= 15 is 0 Å². The van der Waals surface area contributed by atoms with Gasteiger partial charge in [-0.2, -0.15) is 11.8 Å². The van der Waals surface area contributed by atoms with Crippen LogP contribution in [-0.4, -0.2) is 53.9 Å². The Kier molecular flexibility index (Phi) is 7.40. The maximum absolute atomic E-state index is 12.8. The molecule has 0 aromatic heterocycles. The summed E-state index contributed by atoms with van der Waals surface area (Å²) in [6.07, 6.45) is 4.19. The van der Waals surface area contributed by atoms with Crippen LogP contribution in [0.1, 0.15) is 29.6 Å². The molecule has 7 heteroatoms. The van der Waals surface area contributed by atoms with Crippen molar-refractivity contribution in [2.24, 2.45) is 5.73 Å². The van der Waals surface area contributed by atoms with Crippen molar-refractivity contribution >= 4 is 35.2 Å². The molecule has 2 amide bonds. The Hall–Kier alpha value is -1.24. The van der Waals surface area contributed by atoms with Crippen LogP contribution >= 0.6 is 23.4 Å². The molecule has 1 aliphatic rings. The first kappa shape index (κ1) is 19.1. The zero-order valence-corrected chi connectivity index (χ0v) is 15.4. The molecule has 1 unspecified atom stereocenters. The minimum atomic E-state index is -0.532. The van der Waals surface area contributed by atoms with E-state index in [1.165, 1.54) is 0 Å². The second kappa shape index (κ2) is 9.30. The van der Waals surface area contributed by atoms with Gasteiger partial charge < -0.3 is 16.0 Å². The van der Waals surface area contributed by atoms with Crippen LogP contribution < -0.4 is 11.1 Å². The molecule has 24 heavy (non-hydrogen) atoms. The molecule has 2 rings (SSSR count). The van der Waals surface area contributed by atoms with E-state index in [0.29, 0.717) is 30.1 Å². The number of nitrogens with one attached hydrogen (secondary N) is 1. The average molecular weight is 370 g/mol. The monoisotopic (exact) mass is 369 g/mol. The molecule has 1 saturated heterocycles. The third kappa shape index (κ3) is 5.13. The van der Waals surface area contributed by atoms with Gasteiger partial charge in [0.15, 0.2) is 0 Å². The zero-order chi connectivity index (χ0) is 17.5. The standard InChI is InChI=1S/C17H24ClN3O2S/c1-24-11-8-15(17(23)21-9-6-12(19)7-10-21)20-16(22)13-4-2-3-5-14(13)18/h2-5,12,15H,6-11,19H2,1H3,(H,20,22). The molecule has 0 saturated carbocycles. The van der Waals surface area contributed by atoms with E-state index < -0.39 is 6.04 Å². The van der Waals surface area contributed by atoms with Gasteiger partial charge in [0.05, 0.1) is 10.6 Å². The lowest BCUT2D eigenvalue weighted by Crippen LogP contribution is -2.52. The van der Waals surface area contributed by atoms with E-state index in [9.17, 15) is 9.59 Å². The fourth-order valence-corrected chi connectivity index (χ4v) is 3.41. The molecule has 0 radical (unpaired) electrons. The lowest BCUT2D eigenvalue weighted by molar-refractivity contribution is -0.134.